The quantitative estimate of drug-likeness (QED) is 0.515. The Morgan fingerprint density at radius 3 is 2.74 bits per heavy atom. The van der Waals surface area contributed by atoms with Crippen LogP contribution in [0.1, 0.15) is 11.4 Å². The van der Waals surface area contributed by atoms with Gasteiger partial charge in [-0.25, -0.2) is 29.4 Å². The highest BCUT2D eigenvalue weighted by atomic mass is 127. The Labute approximate surface area is 143 Å². The molecule has 0 saturated heterocycles. The summed E-state index contributed by atoms with van der Waals surface area (Å²) in [6.45, 7) is 0.477. The monoisotopic (exact) mass is 426 g/mol. The summed E-state index contributed by atoms with van der Waals surface area (Å²) >= 11 is 2.08. The van der Waals surface area contributed by atoms with Gasteiger partial charge in [0, 0.05) is 18.0 Å². The van der Waals surface area contributed by atoms with Crippen LogP contribution < -0.4 is 11.1 Å². The number of rotatable bonds is 4. The molecule has 0 atom stereocenters. The SMILES string of the molecule is Nc1ncnc2c1c(I)nn2Cc1cnc(CNC(=O)O)nc1. The van der Waals surface area contributed by atoms with Crippen LogP contribution in [0.15, 0.2) is 18.7 Å². The number of hydrogen-bond donors (Lipinski definition) is 3. The average molecular weight is 426 g/mol. The zero-order valence-corrected chi connectivity index (χ0v) is 13.8. The van der Waals surface area contributed by atoms with E-state index in [0.717, 1.165) is 14.7 Å². The zero-order valence-electron chi connectivity index (χ0n) is 11.6. The number of nitrogen functional groups attached to an aromatic ring is 1. The van der Waals surface area contributed by atoms with Crippen LogP contribution in [-0.2, 0) is 13.1 Å². The molecule has 3 heterocycles. The number of halogens is 1. The lowest BCUT2D eigenvalue weighted by molar-refractivity contribution is 0.193. The second-order valence-corrected chi connectivity index (χ2v) is 5.59. The third-order valence-electron chi connectivity index (χ3n) is 3.00. The summed E-state index contributed by atoms with van der Waals surface area (Å²) in [5.41, 5.74) is 7.30. The van der Waals surface area contributed by atoms with Crippen molar-refractivity contribution < 1.29 is 9.90 Å². The highest BCUT2D eigenvalue weighted by Crippen LogP contribution is 2.22. The molecular formula is C12H11IN8O2. The summed E-state index contributed by atoms with van der Waals surface area (Å²) in [5, 5.41) is 15.9. The number of nitrogens with one attached hydrogen (secondary N) is 1. The smallest absolute Gasteiger partial charge is 0.405 e. The van der Waals surface area contributed by atoms with E-state index in [1.54, 1.807) is 17.1 Å². The standard InChI is InChI=1S/C12H11IN8O2/c13-9-8-10(14)18-5-19-11(8)21(20-9)4-6-1-15-7(16-2-6)3-17-12(22)23/h1-2,5,17H,3-4H2,(H,22,23)(H2,14,18,19). The van der Waals surface area contributed by atoms with E-state index in [0.29, 0.717) is 23.8 Å². The number of carbonyl (C=O) groups is 1. The van der Waals surface area contributed by atoms with E-state index < -0.39 is 6.09 Å². The van der Waals surface area contributed by atoms with Crippen LogP contribution in [-0.4, -0.2) is 40.9 Å². The van der Waals surface area contributed by atoms with E-state index in [-0.39, 0.29) is 6.54 Å². The predicted molar refractivity (Wildman–Crippen MR) is 88.5 cm³/mol. The van der Waals surface area contributed by atoms with Gasteiger partial charge in [0.2, 0.25) is 0 Å². The molecule has 0 radical (unpaired) electrons. The lowest BCUT2D eigenvalue weighted by atomic mass is 10.3. The Balaban J connectivity index is 1.82. The molecule has 3 rings (SSSR count). The molecule has 0 aliphatic heterocycles. The predicted octanol–water partition coefficient (Wildman–Crippen LogP) is 0.619. The summed E-state index contributed by atoms with van der Waals surface area (Å²) in [5.74, 6) is 0.777. The second-order valence-electron chi connectivity index (χ2n) is 4.57. The van der Waals surface area contributed by atoms with Crippen molar-refractivity contribution in [2.45, 2.75) is 13.1 Å². The number of hydrogen-bond acceptors (Lipinski definition) is 7. The zero-order chi connectivity index (χ0) is 16.4. The van der Waals surface area contributed by atoms with Crippen LogP contribution in [0.3, 0.4) is 0 Å². The van der Waals surface area contributed by atoms with Crippen molar-refractivity contribution in [1.82, 2.24) is 35.0 Å². The first kappa shape index (κ1) is 15.3. The van der Waals surface area contributed by atoms with Gasteiger partial charge in [-0.05, 0) is 22.6 Å². The van der Waals surface area contributed by atoms with Crippen molar-refractivity contribution in [3.05, 3.63) is 33.8 Å². The van der Waals surface area contributed by atoms with Crippen LogP contribution in [0.2, 0.25) is 0 Å². The molecule has 1 amide bonds. The van der Waals surface area contributed by atoms with Crippen molar-refractivity contribution in [3.8, 4) is 0 Å². The van der Waals surface area contributed by atoms with Gasteiger partial charge >= 0.3 is 6.09 Å². The maximum Gasteiger partial charge on any atom is 0.405 e. The maximum absolute atomic E-state index is 10.4. The average Bonchev–Trinajstić information content (AvgIpc) is 2.84. The fourth-order valence-electron chi connectivity index (χ4n) is 1.98. The van der Waals surface area contributed by atoms with E-state index in [1.807, 2.05) is 0 Å². The fourth-order valence-corrected chi connectivity index (χ4v) is 2.76. The Hall–Kier alpha value is -2.57. The molecule has 0 spiro atoms. The summed E-state index contributed by atoms with van der Waals surface area (Å²) in [4.78, 5) is 26.8. The van der Waals surface area contributed by atoms with Crippen LogP contribution in [0.25, 0.3) is 11.0 Å². The van der Waals surface area contributed by atoms with Gasteiger partial charge in [-0.2, -0.15) is 5.10 Å². The minimum absolute atomic E-state index is 0.0575. The van der Waals surface area contributed by atoms with Gasteiger partial charge in [-0.15, -0.1) is 0 Å². The third kappa shape index (κ3) is 3.28. The molecule has 0 saturated carbocycles. The van der Waals surface area contributed by atoms with Crippen molar-refractivity contribution >= 4 is 45.5 Å². The largest absolute Gasteiger partial charge is 0.465 e. The Morgan fingerprint density at radius 2 is 2.04 bits per heavy atom. The number of anilines is 1. The van der Waals surface area contributed by atoms with Gasteiger partial charge < -0.3 is 16.2 Å². The van der Waals surface area contributed by atoms with Crippen LogP contribution >= 0.6 is 22.6 Å². The summed E-state index contributed by atoms with van der Waals surface area (Å²) in [6, 6.07) is 0. The minimum atomic E-state index is -1.12. The molecule has 0 unspecified atom stereocenters. The second kappa shape index (κ2) is 6.28. The van der Waals surface area contributed by atoms with Crippen molar-refractivity contribution in [2.75, 3.05) is 5.73 Å². The van der Waals surface area contributed by atoms with E-state index in [4.69, 9.17) is 10.8 Å². The van der Waals surface area contributed by atoms with E-state index in [2.05, 4.69) is 52.9 Å². The molecule has 0 fully saturated rings. The summed E-state index contributed by atoms with van der Waals surface area (Å²) < 4.78 is 2.42. The Morgan fingerprint density at radius 1 is 1.30 bits per heavy atom. The molecule has 4 N–H and O–H groups in total. The highest BCUT2D eigenvalue weighted by molar-refractivity contribution is 14.1. The van der Waals surface area contributed by atoms with E-state index >= 15 is 0 Å². The van der Waals surface area contributed by atoms with Gasteiger partial charge in [0.1, 0.15) is 21.7 Å². The summed E-state index contributed by atoms with van der Waals surface area (Å²) in [6.07, 6.45) is 3.52. The lowest BCUT2D eigenvalue weighted by Gasteiger charge is -2.04. The van der Waals surface area contributed by atoms with Gasteiger partial charge in [0.25, 0.3) is 0 Å². The van der Waals surface area contributed by atoms with Gasteiger partial charge in [0.05, 0.1) is 18.5 Å². The molecule has 0 bridgehead atoms. The van der Waals surface area contributed by atoms with Gasteiger partial charge in [-0.3, -0.25) is 0 Å². The third-order valence-corrected chi connectivity index (χ3v) is 3.76. The van der Waals surface area contributed by atoms with Gasteiger partial charge in [0.15, 0.2) is 5.65 Å². The van der Waals surface area contributed by atoms with E-state index in [1.165, 1.54) is 6.33 Å². The normalized spacial score (nSPS) is 10.8. The first-order valence-corrected chi connectivity index (χ1v) is 7.51. The molecule has 10 nitrogen and oxygen atoms in total. The molecule has 118 valence electrons. The highest BCUT2D eigenvalue weighted by Gasteiger charge is 2.13. The maximum atomic E-state index is 10.4. The molecule has 0 aliphatic rings. The first-order valence-electron chi connectivity index (χ1n) is 6.43. The van der Waals surface area contributed by atoms with E-state index in [9.17, 15) is 4.79 Å². The number of carboxylic acid groups (broad SMARTS) is 1. The van der Waals surface area contributed by atoms with Crippen molar-refractivity contribution in [3.63, 3.8) is 0 Å². The molecule has 3 aromatic rings. The Bertz CT molecular complexity index is 863. The number of fused-ring (bicyclic) bond motifs is 1. The number of nitrogens with two attached hydrogens (primary N) is 1. The fraction of sp³-hybridized carbons (Fsp3) is 0.167. The molecule has 23 heavy (non-hydrogen) atoms. The van der Waals surface area contributed by atoms with Crippen LogP contribution in [0.5, 0.6) is 0 Å². The molecule has 11 heteroatoms. The number of aromatic nitrogens is 6. The molecule has 0 aliphatic carbocycles. The summed E-state index contributed by atoms with van der Waals surface area (Å²) in [7, 11) is 0. The lowest BCUT2D eigenvalue weighted by Crippen LogP contribution is -2.21. The van der Waals surface area contributed by atoms with Crippen molar-refractivity contribution in [1.29, 1.82) is 0 Å². The minimum Gasteiger partial charge on any atom is -0.465 e. The van der Waals surface area contributed by atoms with Crippen molar-refractivity contribution in [2.24, 2.45) is 0 Å². The first-order chi connectivity index (χ1) is 11.0. The van der Waals surface area contributed by atoms with Crippen LogP contribution in [0, 0.1) is 3.70 Å². The Kier molecular flexibility index (Phi) is 4.18. The molecule has 3 aromatic heterocycles. The number of amides is 1. The van der Waals surface area contributed by atoms with Crippen LogP contribution in [0.4, 0.5) is 10.6 Å². The van der Waals surface area contributed by atoms with Gasteiger partial charge in [-0.1, -0.05) is 0 Å². The molecular weight excluding hydrogens is 415 g/mol. The molecule has 0 aromatic carbocycles. The topological polar surface area (TPSA) is 145 Å². The number of nitrogens with zero attached hydrogens (tertiary/aromatic N) is 6.